The van der Waals surface area contributed by atoms with E-state index in [9.17, 15) is 9.59 Å². The summed E-state index contributed by atoms with van der Waals surface area (Å²) in [5.41, 5.74) is 0.454. The van der Waals surface area contributed by atoms with Gasteiger partial charge in [-0.05, 0) is 19.2 Å². The topological polar surface area (TPSA) is 97.8 Å². The minimum absolute atomic E-state index is 0.0762. The zero-order valence-corrected chi connectivity index (χ0v) is 15.5. The van der Waals surface area contributed by atoms with Crippen molar-refractivity contribution in [3.63, 3.8) is 0 Å². The van der Waals surface area contributed by atoms with Crippen molar-refractivity contribution >= 4 is 11.9 Å². The maximum absolute atomic E-state index is 13.0. The van der Waals surface area contributed by atoms with Gasteiger partial charge in [-0.2, -0.15) is 0 Å². The minimum atomic E-state index is -0.899. The number of carbonyl (C=O) groups excluding carboxylic acids is 1. The van der Waals surface area contributed by atoms with Crippen molar-refractivity contribution < 1.29 is 33.6 Å². The molecule has 1 amide bonds. The van der Waals surface area contributed by atoms with Gasteiger partial charge in [0, 0.05) is 25.2 Å². The molecule has 1 aromatic rings. The van der Waals surface area contributed by atoms with Crippen LogP contribution in [-0.4, -0.2) is 93.0 Å². The normalized spacial score (nSPS) is 19.1. The quantitative estimate of drug-likeness (QED) is 0.754. The maximum atomic E-state index is 13.0. The fourth-order valence-corrected chi connectivity index (χ4v) is 3.24. The van der Waals surface area contributed by atoms with Gasteiger partial charge in [-0.1, -0.05) is 0 Å². The fourth-order valence-electron chi connectivity index (χ4n) is 3.24. The number of nitrogens with zero attached hydrogens (tertiary/aromatic N) is 2. The number of morpholine rings is 1. The SMILES string of the molecule is COc1cc(C(=O)N2CCOC(CN(C)CC(=O)O)C2)cc2c1OCCO2. The van der Waals surface area contributed by atoms with Crippen LogP contribution in [0.15, 0.2) is 12.1 Å². The summed E-state index contributed by atoms with van der Waals surface area (Å²) < 4.78 is 22.2. The van der Waals surface area contributed by atoms with Crippen LogP contribution in [0.4, 0.5) is 0 Å². The molecule has 0 aromatic heterocycles. The zero-order valence-electron chi connectivity index (χ0n) is 15.5. The lowest BCUT2D eigenvalue weighted by molar-refractivity contribution is -0.138. The van der Waals surface area contributed by atoms with Crippen molar-refractivity contribution in [2.24, 2.45) is 0 Å². The van der Waals surface area contributed by atoms with Gasteiger partial charge in [0.25, 0.3) is 5.91 Å². The molecular weight excluding hydrogens is 356 g/mol. The Labute approximate surface area is 157 Å². The van der Waals surface area contributed by atoms with Crippen molar-refractivity contribution in [2.45, 2.75) is 6.10 Å². The van der Waals surface area contributed by atoms with E-state index in [1.807, 2.05) is 0 Å². The van der Waals surface area contributed by atoms with E-state index < -0.39 is 5.97 Å². The molecule has 3 rings (SSSR count). The highest BCUT2D eigenvalue weighted by molar-refractivity contribution is 5.95. The van der Waals surface area contributed by atoms with E-state index in [1.54, 1.807) is 29.0 Å². The van der Waals surface area contributed by atoms with Crippen LogP contribution in [0.3, 0.4) is 0 Å². The molecule has 0 aliphatic carbocycles. The monoisotopic (exact) mass is 380 g/mol. The Bertz CT molecular complexity index is 692. The number of amides is 1. The largest absolute Gasteiger partial charge is 0.493 e. The van der Waals surface area contributed by atoms with E-state index in [4.69, 9.17) is 24.1 Å². The number of hydrogen-bond donors (Lipinski definition) is 1. The van der Waals surface area contributed by atoms with Gasteiger partial charge in [0.2, 0.25) is 5.75 Å². The molecule has 9 nitrogen and oxygen atoms in total. The van der Waals surface area contributed by atoms with Gasteiger partial charge in [-0.15, -0.1) is 0 Å². The van der Waals surface area contributed by atoms with Gasteiger partial charge in [-0.3, -0.25) is 14.5 Å². The van der Waals surface area contributed by atoms with Crippen LogP contribution >= 0.6 is 0 Å². The van der Waals surface area contributed by atoms with Crippen LogP contribution in [-0.2, 0) is 9.53 Å². The van der Waals surface area contributed by atoms with Gasteiger partial charge >= 0.3 is 5.97 Å². The number of carboxylic acids is 1. The molecule has 2 aliphatic rings. The van der Waals surface area contributed by atoms with Gasteiger partial charge in [0.15, 0.2) is 11.5 Å². The first-order valence-electron chi connectivity index (χ1n) is 8.76. The summed E-state index contributed by atoms with van der Waals surface area (Å²) in [4.78, 5) is 27.1. The molecule has 2 aliphatic heterocycles. The van der Waals surface area contributed by atoms with Crippen molar-refractivity contribution in [2.75, 3.05) is 60.2 Å². The molecule has 148 valence electrons. The number of benzene rings is 1. The number of carbonyl (C=O) groups is 2. The number of carboxylic acid groups (broad SMARTS) is 1. The van der Waals surface area contributed by atoms with E-state index in [1.165, 1.54) is 7.11 Å². The molecule has 1 fully saturated rings. The van der Waals surface area contributed by atoms with Crippen LogP contribution in [0.1, 0.15) is 10.4 Å². The first kappa shape index (κ1) is 19.2. The molecule has 0 bridgehead atoms. The van der Waals surface area contributed by atoms with Crippen molar-refractivity contribution in [1.29, 1.82) is 0 Å². The highest BCUT2D eigenvalue weighted by Gasteiger charge is 2.28. The lowest BCUT2D eigenvalue weighted by Gasteiger charge is -2.34. The first-order valence-corrected chi connectivity index (χ1v) is 8.76. The van der Waals surface area contributed by atoms with E-state index in [2.05, 4.69) is 0 Å². The van der Waals surface area contributed by atoms with Gasteiger partial charge in [0.1, 0.15) is 13.2 Å². The van der Waals surface area contributed by atoms with Crippen LogP contribution < -0.4 is 14.2 Å². The summed E-state index contributed by atoms with van der Waals surface area (Å²) in [7, 11) is 3.23. The Morgan fingerprint density at radius 3 is 2.81 bits per heavy atom. The first-order chi connectivity index (χ1) is 13.0. The summed E-state index contributed by atoms with van der Waals surface area (Å²) in [6, 6.07) is 3.32. The average Bonchev–Trinajstić information content (AvgIpc) is 2.66. The number of likely N-dealkylation sites (N-methyl/N-ethyl adjacent to an activating group) is 1. The van der Waals surface area contributed by atoms with Crippen molar-refractivity contribution in [3.05, 3.63) is 17.7 Å². The smallest absolute Gasteiger partial charge is 0.317 e. The van der Waals surface area contributed by atoms with E-state index in [-0.39, 0.29) is 18.6 Å². The Balaban J connectivity index is 1.70. The molecule has 2 heterocycles. The predicted molar refractivity (Wildman–Crippen MR) is 94.8 cm³/mol. The number of ether oxygens (including phenoxy) is 4. The standard InChI is InChI=1S/C18H24N2O7/c1-19(11-16(21)22)9-13-10-20(3-4-25-13)18(23)12-7-14(24-2)17-15(8-12)26-5-6-27-17/h7-8,13H,3-6,9-11H2,1-2H3,(H,21,22). The molecule has 1 aromatic carbocycles. The highest BCUT2D eigenvalue weighted by Crippen LogP contribution is 2.40. The molecule has 0 radical (unpaired) electrons. The second-order valence-corrected chi connectivity index (χ2v) is 6.54. The molecule has 0 saturated carbocycles. The van der Waals surface area contributed by atoms with Crippen molar-refractivity contribution in [3.8, 4) is 17.2 Å². The maximum Gasteiger partial charge on any atom is 0.317 e. The Kier molecular flexibility index (Phi) is 6.02. The molecule has 9 heteroatoms. The molecule has 0 spiro atoms. The van der Waals surface area contributed by atoms with E-state index >= 15 is 0 Å². The average molecular weight is 380 g/mol. The van der Waals surface area contributed by atoms with Crippen LogP contribution in [0.2, 0.25) is 0 Å². The summed E-state index contributed by atoms with van der Waals surface area (Å²) in [6.07, 6.45) is -0.244. The fraction of sp³-hybridized carbons (Fsp3) is 0.556. The van der Waals surface area contributed by atoms with Gasteiger partial charge in [-0.25, -0.2) is 0 Å². The van der Waals surface area contributed by atoms with Crippen molar-refractivity contribution in [1.82, 2.24) is 9.80 Å². The number of aliphatic carboxylic acids is 1. The van der Waals surface area contributed by atoms with Crippen LogP contribution in [0, 0.1) is 0 Å². The molecule has 1 atom stereocenters. The lowest BCUT2D eigenvalue weighted by atomic mass is 10.1. The van der Waals surface area contributed by atoms with Crippen LogP contribution in [0.25, 0.3) is 0 Å². The molecule has 27 heavy (non-hydrogen) atoms. The summed E-state index contributed by atoms with van der Waals surface area (Å²) in [6.45, 7) is 2.47. The second-order valence-electron chi connectivity index (χ2n) is 6.54. The third-order valence-corrected chi connectivity index (χ3v) is 4.42. The number of rotatable bonds is 6. The number of fused-ring (bicyclic) bond motifs is 1. The number of hydrogen-bond acceptors (Lipinski definition) is 7. The number of methoxy groups -OCH3 is 1. The zero-order chi connectivity index (χ0) is 19.4. The van der Waals surface area contributed by atoms with E-state index in [0.29, 0.717) is 62.3 Å². The summed E-state index contributed by atoms with van der Waals surface area (Å²) in [5.74, 6) is 0.413. The highest BCUT2D eigenvalue weighted by atomic mass is 16.6. The van der Waals surface area contributed by atoms with Crippen LogP contribution in [0.5, 0.6) is 17.2 Å². The molecular formula is C18H24N2O7. The molecule has 1 N–H and O–H groups in total. The predicted octanol–water partition coefficient (Wildman–Crippen LogP) is 0.324. The van der Waals surface area contributed by atoms with Gasteiger partial charge in [0.05, 0.1) is 26.4 Å². The molecule has 1 unspecified atom stereocenters. The van der Waals surface area contributed by atoms with E-state index in [0.717, 1.165) is 0 Å². The minimum Gasteiger partial charge on any atom is -0.493 e. The Hall–Kier alpha value is -2.52. The Morgan fingerprint density at radius 1 is 1.30 bits per heavy atom. The molecule has 1 saturated heterocycles. The van der Waals surface area contributed by atoms with Gasteiger partial charge < -0.3 is 29.0 Å². The Morgan fingerprint density at radius 2 is 2.07 bits per heavy atom. The second kappa shape index (κ2) is 8.45. The third kappa shape index (κ3) is 4.61. The summed E-state index contributed by atoms with van der Waals surface area (Å²) >= 11 is 0. The third-order valence-electron chi connectivity index (χ3n) is 4.42. The lowest BCUT2D eigenvalue weighted by Crippen LogP contribution is -2.49. The summed E-state index contributed by atoms with van der Waals surface area (Å²) in [5, 5.41) is 8.87.